The highest BCUT2D eigenvalue weighted by molar-refractivity contribution is 5.80. The van der Waals surface area contributed by atoms with Crippen LogP contribution in [0.3, 0.4) is 0 Å². The number of carbonyl (C=O) groups is 3. The van der Waals surface area contributed by atoms with Gasteiger partial charge in [0, 0.05) is 13.6 Å². The van der Waals surface area contributed by atoms with E-state index in [1.807, 2.05) is 30.3 Å². The highest BCUT2D eigenvalue weighted by atomic mass is 16.6. The zero-order valence-corrected chi connectivity index (χ0v) is 16.2. The quantitative estimate of drug-likeness (QED) is 0.672. The van der Waals surface area contributed by atoms with Gasteiger partial charge in [-0.05, 0) is 39.2 Å². The van der Waals surface area contributed by atoms with E-state index < -0.39 is 29.8 Å². The molecule has 1 aromatic rings. The molecule has 2 amide bonds. The average molecular weight is 380 g/mol. The van der Waals surface area contributed by atoms with Gasteiger partial charge in [-0.1, -0.05) is 30.3 Å². The van der Waals surface area contributed by atoms with E-state index in [9.17, 15) is 19.5 Å². The van der Waals surface area contributed by atoms with Crippen LogP contribution in [0.15, 0.2) is 30.3 Å². The number of carboxylic acids is 1. The predicted octanol–water partition coefficient (Wildman–Crippen LogP) is 3.01. The minimum atomic E-state index is -1.13. The standard InChI is InChI=1S/C19H28N2O6/c1-19(2,3)27-18(25)21(4)15(16(22)23)11-8-12-20-17(24)26-13-14-9-6-5-7-10-14/h5-7,9-10,15H,8,11-13H2,1-4H3,(H,20,24)(H,22,23). The van der Waals surface area contributed by atoms with Crippen LogP contribution in [0.25, 0.3) is 0 Å². The molecule has 150 valence electrons. The molecular weight excluding hydrogens is 352 g/mol. The zero-order chi connectivity index (χ0) is 20.4. The van der Waals surface area contributed by atoms with Gasteiger partial charge in [-0.2, -0.15) is 0 Å². The lowest BCUT2D eigenvalue weighted by Crippen LogP contribution is -2.45. The number of amides is 2. The van der Waals surface area contributed by atoms with E-state index in [4.69, 9.17) is 9.47 Å². The SMILES string of the molecule is CN(C(=O)OC(C)(C)C)C(CCCNC(=O)OCc1ccccc1)C(=O)O. The summed E-state index contributed by atoms with van der Waals surface area (Å²) in [5.41, 5.74) is 0.163. The Balaban J connectivity index is 2.36. The highest BCUT2D eigenvalue weighted by Crippen LogP contribution is 2.13. The molecule has 2 N–H and O–H groups in total. The Morgan fingerprint density at radius 3 is 2.37 bits per heavy atom. The number of benzene rings is 1. The number of carboxylic acid groups (broad SMARTS) is 1. The second-order valence-electron chi connectivity index (χ2n) is 7.08. The van der Waals surface area contributed by atoms with Crippen molar-refractivity contribution in [1.82, 2.24) is 10.2 Å². The molecule has 27 heavy (non-hydrogen) atoms. The Morgan fingerprint density at radius 1 is 1.19 bits per heavy atom. The summed E-state index contributed by atoms with van der Waals surface area (Å²) in [5.74, 6) is -1.13. The zero-order valence-electron chi connectivity index (χ0n) is 16.2. The van der Waals surface area contributed by atoms with Crippen molar-refractivity contribution >= 4 is 18.2 Å². The molecule has 1 unspecified atom stereocenters. The van der Waals surface area contributed by atoms with Crippen molar-refractivity contribution in [3.8, 4) is 0 Å². The fourth-order valence-corrected chi connectivity index (χ4v) is 2.20. The molecule has 0 fully saturated rings. The lowest BCUT2D eigenvalue weighted by Gasteiger charge is -2.28. The Kier molecular flexibility index (Phi) is 8.58. The first-order chi connectivity index (χ1) is 12.6. The van der Waals surface area contributed by atoms with Crippen LogP contribution in [-0.2, 0) is 20.9 Å². The van der Waals surface area contributed by atoms with Crippen LogP contribution in [0.5, 0.6) is 0 Å². The summed E-state index contributed by atoms with van der Waals surface area (Å²) in [6.07, 6.45) is -0.745. The molecule has 0 bridgehead atoms. The number of hydrogen-bond acceptors (Lipinski definition) is 5. The average Bonchev–Trinajstić information content (AvgIpc) is 2.58. The summed E-state index contributed by atoms with van der Waals surface area (Å²) >= 11 is 0. The largest absolute Gasteiger partial charge is 0.480 e. The van der Waals surface area contributed by atoms with Crippen molar-refractivity contribution < 1.29 is 29.0 Å². The molecule has 0 spiro atoms. The van der Waals surface area contributed by atoms with Gasteiger partial charge >= 0.3 is 18.2 Å². The van der Waals surface area contributed by atoms with Crippen LogP contribution in [-0.4, -0.2) is 53.4 Å². The van der Waals surface area contributed by atoms with E-state index in [0.29, 0.717) is 6.42 Å². The maximum Gasteiger partial charge on any atom is 0.410 e. The van der Waals surface area contributed by atoms with E-state index in [1.165, 1.54) is 7.05 Å². The van der Waals surface area contributed by atoms with Gasteiger partial charge in [-0.25, -0.2) is 14.4 Å². The molecule has 1 aromatic carbocycles. The van der Waals surface area contributed by atoms with Crippen LogP contribution in [0.4, 0.5) is 9.59 Å². The number of aliphatic carboxylic acids is 1. The lowest BCUT2D eigenvalue weighted by atomic mass is 10.1. The van der Waals surface area contributed by atoms with Crippen LogP contribution in [0.2, 0.25) is 0 Å². The van der Waals surface area contributed by atoms with Gasteiger partial charge in [0.2, 0.25) is 0 Å². The predicted molar refractivity (Wildman–Crippen MR) is 99.3 cm³/mol. The molecule has 0 aliphatic carbocycles. The molecule has 8 nitrogen and oxygen atoms in total. The van der Waals surface area contributed by atoms with E-state index >= 15 is 0 Å². The van der Waals surface area contributed by atoms with Crippen LogP contribution in [0.1, 0.15) is 39.2 Å². The maximum absolute atomic E-state index is 12.0. The van der Waals surface area contributed by atoms with Crippen molar-refractivity contribution in [2.24, 2.45) is 0 Å². The Hall–Kier alpha value is -2.77. The highest BCUT2D eigenvalue weighted by Gasteiger charge is 2.29. The summed E-state index contributed by atoms with van der Waals surface area (Å²) in [7, 11) is 1.38. The minimum absolute atomic E-state index is 0.159. The monoisotopic (exact) mass is 380 g/mol. The summed E-state index contributed by atoms with van der Waals surface area (Å²) in [5, 5.41) is 11.9. The second-order valence-corrected chi connectivity index (χ2v) is 7.08. The fraction of sp³-hybridized carbons (Fsp3) is 0.526. The van der Waals surface area contributed by atoms with Crippen molar-refractivity contribution in [3.63, 3.8) is 0 Å². The van der Waals surface area contributed by atoms with Gasteiger partial charge in [0.05, 0.1) is 0 Å². The number of likely N-dealkylation sites (N-methyl/N-ethyl adjacent to an activating group) is 1. The van der Waals surface area contributed by atoms with Crippen LogP contribution < -0.4 is 5.32 Å². The van der Waals surface area contributed by atoms with Crippen molar-refractivity contribution in [1.29, 1.82) is 0 Å². The third-order valence-corrected chi connectivity index (χ3v) is 3.57. The molecule has 8 heteroatoms. The molecule has 1 atom stereocenters. The van der Waals surface area contributed by atoms with Crippen molar-refractivity contribution in [2.75, 3.05) is 13.6 Å². The number of hydrogen-bond donors (Lipinski definition) is 2. The minimum Gasteiger partial charge on any atom is -0.480 e. The molecule has 1 rings (SSSR count). The first-order valence-electron chi connectivity index (χ1n) is 8.73. The molecule has 0 aliphatic rings. The molecular formula is C19H28N2O6. The Labute approximate surface area is 159 Å². The topological polar surface area (TPSA) is 105 Å². The summed E-state index contributed by atoms with van der Waals surface area (Å²) in [6.45, 7) is 5.52. The number of carbonyl (C=O) groups excluding carboxylic acids is 2. The fourth-order valence-electron chi connectivity index (χ4n) is 2.20. The normalized spacial score (nSPS) is 12.0. The summed E-state index contributed by atoms with van der Waals surface area (Å²) in [4.78, 5) is 36.2. The van der Waals surface area contributed by atoms with Gasteiger partial charge in [-0.3, -0.25) is 4.90 Å². The molecule has 0 aromatic heterocycles. The molecule has 0 saturated carbocycles. The Morgan fingerprint density at radius 2 is 1.81 bits per heavy atom. The van der Waals surface area contributed by atoms with Gasteiger partial charge in [0.15, 0.2) is 0 Å². The number of ether oxygens (including phenoxy) is 2. The summed E-state index contributed by atoms with van der Waals surface area (Å²) < 4.78 is 10.3. The van der Waals surface area contributed by atoms with Crippen molar-refractivity contribution in [3.05, 3.63) is 35.9 Å². The maximum atomic E-state index is 12.0. The molecule has 0 radical (unpaired) electrons. The first-order valence-corrected chi connectivity index (χ1v) is 8.73. The van der Waals surface area contributed by atoms with E-state index in [0.717, 1.165) is 10.5 Å². The van der Waals surface area contributed by atoms with Crippen molar-refractivity contribution in [2.45, 2.75) is 51.9 Å². The second kappa shape index (κ2) is 10.4. The smallest absolute Gasteiger partial charge is 0.410 e. The number of nitrogens with one attached hydrogen (secondary N) is 1. The lowest BCUT2D eigenvalue weighted by molar-refractivity contribution is -0.142. The third-order valence-electron chi connectivity index (χ3n) is 3.57. The Bertz CT molecular complexity index is 627. The van der Waals surface area contributed by atoms with Crippen LogP contribution in [0, 0.1) is 0 Å². The van der Waals surface area contributed by atoms with Gasteiger partial charge in [0.25, 0.3) is 0 Å². The molecule has 0 heterocycles. The first kappa shape index (κ1) is 22.3. The van der Waals surface area contributed by atoms with E-state index in [2.05, 4.69) is 5.32 Å². The number of nitrogens with zero attached hydrogens (tertiary/aromatic N) is 1. The van der Waals surface area contributed by atoms with E-state index in [1.54, 1.807) is 20.8 Å². The van der Waals surface area contributed by atoms with Gasteiger partial charge in [0.1, 0.15) is 18.2 Å². The summed E-state index contributed by atoms with van der Waals surface area (Å²) in [6, 6.07) is 8.22. The number of alkyl carbamates (subject to hydrolysis) is 1. The van der Waals surface area contributed by atoms with Crippen LogP contribution >= 0.6 is 0 Å². The third kappa shape index (κ3) is 8.94. The molecule has 0 aliphatic heterocycles. The molecule has 0 saturated heterocycles. The van der Waals surface area contributed by atoms with E-state index in [-0.39, 0.29) is 19.6 Å². The number of rotatable bonds is 8. The van der Waals surface area contributed by atoms with Gasteiger partial charge in [-0.15, -0.1) is 0 Å². The van der Waals surface area contributed by atoms with Gasteiger partial charge < -0.3 is 19.9 Å².